The highest BCUT2D eigenvalue weighted by molar-refractivity contribution is 5.70. The van der Waals surface area contributed by atoms with Gasteiger partial charge in [0.15, 0.2) is 5.65 Å². The highest BCUT2D eigenvalue weighted by Gasteiger charge is 2.09. The van der Waals surface area contributed by atoms with Gasteiger partial charge in [-0.1, -0.05) is 12.1 Å². The Morgan fingerprint density at radius 2 is 1.75 bits per heavy atom. The van der Waals surface area contributed by atoms with Gasteiger partial charge in [0.05, 0.1) is 0 Å². The van der Waals surface area contributed by atoms with Crippen molar-refractivity contribution in [3.63, 3.8) is 0 Å². The summed E-state index contributed by atoms with van der Waals surface area (Å²) in [5.41, 5.74) is 10.9. The maximum atomic E-state index is 5.65. The summed E-state index contributed by atoms with van der Waals surface area (Å²) in [4.78, 5) is 6.25. The molecule has 102 valence electrons. The van der Waals surface area contributed by atoms with Gasteiger partial charge in [-0.3, -0.25) is 0 Å². The third-order valence-corrected chi connectivity index (χ3v) is 3.45. The molecule has 0 amide bonds. The number of aryl methyl sites for hydroxylation is 1. The van der Waals surface area contributed by atoms with Crippen LogP contribution in [0.25, 0.3) is 16.8 Å². The summed E-state index contributed by atoms with van der Waals surface area (Å²) in [6.07, 6.45) is 0. The van der Waals surface area contributed by atoms with E-state index < -0.39 is 0 Å². The molecular formula is C15H17N5. The first-order chi connectivity index (χ1) is 9.56. The third-order valence-electron chi connectivity index (χ3n) is 3.45. The average Bonchev–Trinajstić information content (AvgIpc) is 2.81. The highest BCUT2D eigenvalue weighted by atomic mass is 15.3. The maximum absolute atomic E-state index is 5.65. The zero-order chi connectivity index (χ0) is 14.3. The molecule has 5 heteroatoms. The van der Waals surface area contributed by atoms with Crippen LogP contribution in [0.1, 0.15) is 5.69 Å². The quantitative estimate of drug-likeness (QED) is 0.774. The molecule has 0 fully saturated rings. The van der Waals surface area contributed by atoms with Crippen molar-refractivity contribution in [2.24, 2.45) is 0 Å². The number of anilines is 2. The van der Waals surface area contributed by atoms with Crippen LogP contribution in [-0.2, 0) is 0 Å². The van der Waals surface area contributed by atoms with Gasteiger partial charge in [-0.15, -0.1) is 5.10 Å². The van der Waals surface area contributed by atoms with Crippen molar-refractivity contribution >= 4 is 17.3 Å². The van der Waals surface area contributed by atoms with Crippen LogP contribution in [0.15, 0.2) is 36.4 Å². The number of nitrogens with two attached hydrogens (primary N) is 1. The summed E-state index contributed by atoms with van der Waals surface area (Å²) >= 11 is 0. The van der Waals surface area contributed by atoms with Crippen molar-refractivity contribution in [3.8, 4) is 11.1 Å². The molecule has 3 rings (SSSR count). The molecule has 0 atom stereocenters. The predicted molar refractivity (Wildman–Crippen MR) is 81.9 cm³/mol. The first-order valence-corrected chi connectivity index (χ1v) is 6.46. The monoisotopic (exact) mass is 267 g/mol. The van der Waals surface area contributed by atoms with Gasteiger partial charge >= 0.3 is 0 Å². The Balaban J connectivity index is 2.11. The van der Waals surface area contributed by atoms with E-state index in [9.17, 15) is 0 Å². The average molecular weight is 267 g/mol. The standard InChI is InChI=1S/C15H17N5/c1-10-13(8-9-14-17-15(16)18-20(10)14)11-4-6-12(7-5-11)19(2)3/h4-9H,1-3H3,(H2,16,18). The van der Waals surface area contributed by atoms with E-state index in [1.165, 1.54) is 5.69 Å². The van der Waals surface area contributed by atoms with Crippen molar-refractivity contribution < 1.29 is 0 Å². The van der Waals surface area contributed by atoms with E-state index in [1.807, 2.05) is 27.1 Å². The highest BCUT2D eigenvalue weighted by Crippen LogP contribution is 2.26. The molecule has 0 aliphatic carbocycles. The molecule has 20 heavy (non-hydrogen) atoms. The summed E-state index contributed by atoms with van der Waals surface area (Å²) in [6.45, 7) is 2.02. The summed E-state index contributed by atoms with van der Waals surface area (Å²) in [5.74, 6) is 0.299. The molecule has 0 spiro atoms. The van der Waals surface area contributed by atoms with Gasteiger partial charge in [0.25, 0.3) is 0 Å². The van der Waals surface area contributed by atoms with Gasteiger partial charge in [-0.05, 0) is 36.8 Å². The number of nitrogen functional groups attached to an aromatic ring is 1. The van der Waals surface area contributed by atoms with Gasteiger partial charge in [-0.2, -0.15) is 4.98 Å². The Hall–Kier alpha value is -2.56. The van der Waals surface area contributed by atoms with Crippen molar-refractivity contribution in [1.29, 1.82) is 0 Å². The minimum absolute atomic E-state index is 0.299. The van der Waals surface area contributed by atoms with E-state index in [4.69, 9.17) is 5.73 Å². The fourth-order valence-electron chi connectivity index (χ4n) is 2.33. The lowest BCUT2D eigenvalue weighted by molar-refractivity contribution is 0.922. The Labute approximate surface area is 117 Å². The molecule has 2 heterocycles. The number of benzene rings is 1. The summed E-state index contributed by atoms with van der Waals surface area (Å²) in [6, 6.07) is 12.4. The smallest absolute Gasteiger partial charge is 0.240 e. The van der Waals surface area contributed by atoms with Crippen molar-refractivity contribution in [2.75, 3.05) is 24.7 Å². The number of pyridine rings is 1. The van der Waals surface area contributed by atoms with Gasteiger partial charge in [0.1, 0.15) is 0 Å². The molecule has 2 N–H and O–H groups in total. The molecular weight excluding hydrogens is 250 g/mol. The normalized spacial score (nSPS) is 10.9. The van der Waals surface area contributed by atoms with Gasteiger partial charge in [0.2, 0.25) is 5.95 Å². The van der Waals surface area contributed by atoms with Gasteiger partial charge in [-0.25, -0.2) is 4.52 Å². The fourth-order valence-corrected chi connectivity index (χ4v) is 2.33. The van der Waals surface area contributed by atoms with E-state index in [1.54, 1.807) is 4.52 Å². The molecule has 0 aliphatic heterocycles. The number of hydrogen-bond donors (Lipinski definition) is 1. The zero-order valence-corrected chi connectivity index (χ0v) is 11.8. The van der Waals surface area contributed by atoms with Crippen LogP contribution < -0.4 is 10.6 Å². The molecule has 3 aromatic rings. The summed E-state index contributed by atoms with van der Waals surface area (Å²) in [7, 11) is 4.06. The van der Waals surface area contributed by atoms with E-state index in [0.29, 0.717) is 5.95 Å². The van der Waals surface area contributed by atoms with E-state index in [-0.39, 0.29) is 0 Å². The van der Waals surface area contributed by atoms with Crippen molar-refractivity contribution in [3.05, 3.63) is 42.1 Å². The Morgan fingerprint density at radius 3 is 2.40 bits per heavy atom. The topological polar surface area (TPSA) is 59.5 Å². The molecule has 0 radical (unpaired) electrons. The van der Waals surface area contributed by atoms with Gasteiger partial charge < -0.3 is 10.6 Å². The first kappa shape index (κ1) is 12.5. The van der Waals surface area contributed by atoms with Crippen LogP contribution in [0.2, 0.25) is 0 Å². The molecule has 0 aliphatic rings. The number of fused-ring (bicyclic) bond motifs is 1. The second kappa shape index (κ2) is 4.52. The fraction of sp³-hybridized carbons (Fsp3) is 0.200. The van der Waals surface area contributed by atoms with Crippen molar-refractivity contribution in [1.82, 2.24) is 14.6 Å². The van der Waals surface area contributed by atoms with Crippen LogP contribution in [0.3, 0.4) is 0 Å². The predicted octanol–water partition coefficient (Wildman–Crippen LogP) is 2.35. The zero-order valence-electron chi connectivity index (χ0n) is 11.8. The SMILES string of the molecule is Cc1c(-c2ccc(N(C)C)cc2)ccc2nc(N)nn12. The molecule has 0 bridgehead atoms. The third kappa shape index (κ3) is 1.97. The van der Waals surface area contributed by atoms with Crippen LogP contribution >= 0.6 is 0 Å². The molecule has 0 saturated carbocycles. The second-order valence-electron chi connectivity index (χ2n) is 5.01. The van der Waals surface area contributed by atoms with Crippen LogP contribution in [0.4, 0.5) is 11.6 Å². The molecule has 2 aromatic heterocycles. The Kier molecular flexibility index (Phi) is 2.82. The number of nitrogens with zero attached hydrogens (tertiary/aromatic N) is 4. The maximum Gasteiger partial charge on any atom is 0.240 e. The molecule has 5 nitrogen and oxygen atoms in total. The molecule has 0 unspecified atom stereocenters. The lowest BCUT2D eigenvalue weighted by Crippen LogP contribution is -2.08. The van der Waals surface area contributed by atoms with Crippen molar-refractivity contribution in [2.45, 2.75) is 6.92 Å². The number of rotatable bonds is 2. The Morgan fingerprint density at radius 1 is 1.05 bits per heavy atom. The first-order valence-electron chi connectivity index (χ1n) is 6.46. The Bertz CT molecular complexity index is 756. The number of aromatic nitrogens is 3. The van der Waals surface area contributed by atoms with E-state index >= 15 is 0 Å². The summed E-state index contributed by atoms with van der Waals surface area (Å²) < 4.78 is 1.78. The van der Waals surface area contributed by atoms with Crippen LogP contribution in [-0.4, -0.2) is 28.7 Å². The largest absolute Gasteiger partial charge is 0.378 e. The van der Waals surface area contributed by atoms with E-state index in [2.05, 4.69) is 45.3 Å². The lowest BCUT2D eigenvalue weighted by atomic mass is 10.0. The van der Waals surface area contributed by atoms with Crippen LogP contribution in [0, 0.1) is 6.92 Å². The van der Waals surface area contributed by atoms with E-state index in [0.717, 1.165) is 22.5 Å². The molecule has 0 saturated heterocycles. The minimum atomic E-state index is 0.299. The van der Waals surface area contributed by atoms with Crippen LogP contribution in [0.5, 0.6) is 0 Å². The lowest BCUT2D eigenvalue weighted by Gasteiger charge is -2.13. The van der Waals surface area contributed by atoms with Gasteiger partial charge in [0, 0.05) is 31.0 Å². The summed E-state index contributed by atoms with van der Waals surface area (Å²) in [5, 5.41) is 4.22. The second-order valence-corrected chi connectivity index (χ2v) is 5.01. The number of hydrogen-bond acceptors (Lipinski definition) is 4. The minimum Gasteiger partial charge on any atom is -0.378 e. The molecule has 1 aromatic carbocycles.